The van der Waals surface area contributed by atoms with Crippen molar-refractivity contribution in [1.29, 1.82) is 0 Å². The van der Waals surface area contributed by atoms with Crippen LogP contribution in [0.25, 0.3) is 11.1 Å². The van der Waals surface area contributed by atoms with E-state index in [9.17, 15) is 8.42 Å². The molecule has 0 unspecified atom stereocenters. The van der Waals surface area contributed by atoms with Crippen molar-refractivity contribution in [1.82, 2.24) is 0 Å². The highest BCUT2D eigenvalue weighted by Crippen LogP contribution is 2.37. The fraction of sp³-hybridized carbons (Fsp3) is 0.100. The molecule has 0 saturated carbocycles. The Labute approximate surface area is 142 Å². The second-order valence-electron chi connectivity index (χ2n) is 6.07. The van der Waals surface area contributed by atoms with Gasteiger partial charge in [0.25, 0.3) is 10.0 Å². The van der Waals surface area contributed by atoms with Crippen LogP contribution in [0.15, 0.2) is 71.6 Å². The second kappa shape index (κ2) is 5.49. The van der Waals surface area contributed by atoms with E-state index in [-0.39, 0.29) is 0 Å². The Balaban J connectivity index is 1.71. The van der Waals surface area contributed by atoms with Crippen LogP contribution in [0.1, 0.15) is 16.7 Å². The molecule has 120 valence electrons. The van der Waals surface area contributed by atoms with E-state index in [0.717, 1.165) is 23.1 Å². The van der Waals surface area contributed by atoms with E-state index in [4.69, 9.17) is 0 Å². The Morgan fingerprint density at radius 2 is 1.54 bits per heavy atom. The summed E-state index contributed by atoms with van der Waals surface area (Å²) < 4.78 is 28.1. The number of hydrogen-bond acceptors (Lipinski definition) is 2. The van der Waals surface area contributed by atoms with Crippen LogP contribution in [0, 0.1) is 6.92 Å². The summed E-state index contributed by atoms with van der Waals surface area (Å²) in [5.41, 5.74) is 6.14. The van der Waals surface area contributed by atoms with Crippen LogP contribution in [0.4, 0.5) is 5.69 Å². The maximum absolute atomic E-state index is 12.7. The third-order valence-corrected chi connectivity index (χ3v) is 5.83. The molecule has 3 aromatic carbocycles. The number of sulfonamides is 1. The fourth-order valence-electron chi connectivity index (χ4n) is 3.18. The van der Waals surface area contributed by atoms with Crippen LogP contribution in [0.3, 0.4) is 0 Å². The molecule has 0 aromatic heterocycles. The molecule has 3 nitrogen and oxygen atoms in total. The molecule has 0 radical (unpaired) electrons. The third kappa shape index (κ3) is 2.49. The van der Waals surface area contributed by atoms with Gasteiger partial charge in [-0.2, -0.15) is 0 Å². The van der Waals surface area contributed by atoms with Crippen LogP contribution in [0.5, 0.6) is 0 Å². The second-order valence-corrected chi connectivity index (χ2v) is 7.76. The molecule has 4 rings (SSSR count). The molecular weight excluding hydrogens is 318 g/mol. The number of para-hydroxylation sites is 1. The molecule has 4 heteroatoms. The molecule has 1 aliphatic rings. The zero-order chi connectivity index (χ0) is 16.7. The highest BCUT2D eigenvalue weighted by molar-refractivity contribution is 7.92. The van der Waals surface area contributed by atoms with Gasteiger partial charge in [0.1, 0.15) is 0 Å². The van der Waals surface area contributed by atoms with Crippen LogP contribution in [0.2, 0.25) is 0 Å². The fourth-order valence-corrected chi connectivity index (χ4v) is 4.36. The summed E-state index contributed by atoms with van der Waals surface area (Å²) in [5.74, 6) is 0. The number of hydrogen-bond donors (Lipinski definition) is 1. The van der Waals surface area contributed by atoms with E-state index in [1.165, 1.54) is 11.1 Å². The van der Waals surface area contributed by atoms with E-state index in [1.54, 1.807) is 18.2 Å². The van der Waals surface area contributed by atoms with Gasteiger partial charge in [-0.25, -0.2) is 8.42 Å². The Morgan fingerprint density at radius 1 is 0.833 bits per heavy atom. The summed E-state index contributed by atoms with van der Waals surface area (Å²) in [6.45, 7) is 1.89. The van der Waals surface area contributed by atoms with Crippen molar-refractivity contribution >= 4 is 15.7 Å². The first-order valence-electron chi connectivity index (χ1n) is 7.84. The lowest BCUT2D eigenvalue weighted by molar-refractivity contribution is 0.601. The summed E-state index contributed by atoms with van der Waals surface area (Å²) in [6, 6.07) is 21.0. The highest BCUT2D eigenvalue weighted by atomic mass is 32.2. The van der Waals surface area contributed by atoms with E-state index in [0.29, 0.717) is 10.6 Å². The molecule has 0 spiro atoms. The molecule has 0 fully saturated rings. The lowest BCUT2D eigenvalue weighted by Crippen LogP contribution is -2.14. The van der Waals surface area contributed by atoms with E-state index < -0.39 is 10.0 Å². The van der Waals surface area contributed by atoms with Gasteiger partial charge < -0.3 is 0 Å². The SMILES string of the molecule is Cc1ccccc1NS(=O)(=O)c1ccc2c(c1)Cc1ccccc1-2. The minimum absolute atomic E-state index is 0.303. The summed E-state index contributed by atoms with van der Waals surface area (Å²) >= 11 is 0. The lowest BCUT2D eigenvalue weighted by atomic mass is 10.1. The highest BCUT2D eigenvalue weighted by Gasteiger charge is 2.22. The van der Waals surface area contributed by atoms with Crippen molar-refractivity contribution < 1.29 is 8.42 Å². The van der Waals surface area contributed by atoms with E-state index in [2.05, 4.69) is 16.9 Å². The number of anilines is 1. The van der Waals surface area contributed by atoms with E-state index in [1.807, 2.05) is 43.3 Å². The maximum atomic E-state index is 12.7. The number of fused-ring (bicyclic) bond motifs is 3. The lowest BCUT2D eigenvalue weighted by Gasteiger charge is -2.11. The molecule has 0 aliphatic heterocycles. The third-order valence-electron chi connectivity index (χ3n) is 4.46. The molecular formula is C20H17NO2S. The molecule has 0 bridgehead atoms. The van der Waals surface area contributed by atoms with Gasteiger partial charge in [-0.15, -0.1) is 0 Å². The van der Waals surface area contributed by atoms with Gasteiger partial charge in [0.2, 0.25) is 0 Å². The van der Waals surface area contributed by atoms with Crippen LogP contribution >= 0.6 is 0 Å². The summed E-state index contributed by atoms with van der Waals surface area (Å²) in [7, 11) is -3.59. The molecule has 0 atom stereocenters. The van der Waals surface area contributed by atoms with Crippen molar-refractivity contribution in [3.63, 3.8) is 0 Å². The van der Waals surface area contributed by atoms with Crippen molar-refractivity contribution in [2.45, 2.75) is 18.2 Å². The molecule has 1 aliphatic carbocycles. The Hall–Kier alpha value is -2.59. The first-order chi connectivity index (χ1) is 11.5. The quantitative estimate of drug-likeness (QED) is 0.604. The standard InChI is InChI=1S/C20H17NO2S/c1-14-6-2-5-9-20(14)21-24(22,23)17-10-11-19-16(13-17)12-15-7-3-4-8-18(15)19/h2-11,13,21H,12H2,1H3. The van der Waals surface area contributed by atoms with E-state index >= 15 is 0 Å². The molecule has 1 N–H and O–H groups in total. The average molecular weight is 335 g/mol. The predicted octanol–water partition coefficient (Wildman–Crippen LogP) is 4.37. The van der Waals surface area contributed by atoms with Crippen LogP contribution < -0.4 is 4.72 Å². The largest absolute Gasteiger partial charge is 0.279 e. The Morgan fingerprint density at radius 3 is 2.38 bits per heavy atom. The number of aryl methyl sites for hydroxylation is 1. The minimum atomic E-state index is -3.59. The number of benzene rings is 3. The first-order valence-corrected chi connectivity index (χ1v) is 9.32. The summed E-state index contributed by atoms with van der Waals surface area (Å²) in [5, 5.41) is 0. The normalized spacial score (nSPS) is 12.5. The van der Waals surface area contributed by atoms with Crippen molar-refractivity contribution in [3.8, 4) is 11.1 Å². The Bertz CT molecular complexity index is 1040. The van der Waals surface area contributed by atoms with Crippen molar-refractivity contribution in [3.05, 3.63) is 83.4 Å². The monoisotopic (exact) mass is 335 g/mol. The molecule has 0 saturated heterocycles. The van der Waals surface area contributed by atoms with Crippen molar-refractivity contribution in [2.24, 2.45) is 0 Å². The minimum Gasteiger partial charge on any atom is -0.279 e. The van der Waals surface area contributed by atoms with Crippen molar-refractivity contribution in [2.75, 3.05) is 4.72 Å². The Kier molecular flexibility index (Phi) is 3.43. The zero-order valence-corrected chi connectivity index (χ0v) is 14.1. The summed E-state index contributed by atoms with van der Waals surface area (Å²) in [6.07, 6.45) is 0.777. The van der Waals surface area contributed by atoms with Gasteiger partial charge in [0, 0.05) is 0 Å². The predicted molar refractivity (Wildman–Crippen MR) is 96.7 cm³/mol. The van der Waals surface area contributed by atoms with Gasteiger partial charge >= 0.3 is 0 Å². The van der Waals surface area contributed by atoms with Crippen LogP contribution in [-0.2, 0) is 16.4 Å². The maximum Gasteiger partial charge on any atom is 0.261 e. The molecule has 0 heterocycles. The van der Waals surface area contributed by atoms with Gasteiger partial charge in [-0.1, -0.05) is 48.5 Å². The summed E-state index contributed by atoms with van der Waals surface area (Å²) in [4.78, 5) is 0.303. The smallest absolute Gasteiger partial charge is 0.261 e. The van der Waals surface area contributed by atoms with Gasteiger partial charge in [-0.3, -0.25) is 4.72 Å². The number of nitrogens with one attached hydrogen (secondary N) is 1. The average Bonchev–Trinajstić information content (AvgIpc) is 2.94. The topological polar surface area (TPSA) is 46.2 Å². The van der Waals surface area contributed by atoms with Gasteiger partial charge in [0.05, 0.1) is 10.6 Å². The number of rotatable bonds is 3. The molecule has 0 amide bonds. The van der Waals surface area contributed by atoms with Gasteiger partial charge in [0.15, 0.2) is 0 Å². The molecule has 24 heavy (non-hydrogen) atoms. The van der Waals surface area contributed by atoms with Crippen LogP contribution in [-0.4, -0.2) is 8.42 Å². The zero-order valence-electron chi connectivity index (χ0n) is 13.3. The van der Waals surface area contributed by atoms with Gasteiger partial charge in [-0.05, 0) is 59.4 Å². The first kappa shape index (κ1) is 15.0. The molecule has 3 aromatic rings.